The molecule has 4 saturated heterocycles. The molecule has 2 amide bonds. The van der Waals surface area contributed by atoms with Crippen LogP contribution in [0, 0.1) is 20.4 Å². The van der Waals surface area contributed by atoms with Crippen LogP contribution in [0.5, 0.6) is 0 Å². The van der Waals surface area contributed by atoms with Crippen LogP contribution in [0.4, 0.5) is 11.6 Å². The van der Waals surface area contributed by atoms with Gasteiger partial charge in [-0.1, -0.05) is 57.7 Å². The van der Waals surface area contributed by atoms with Gasteiger partial charge in [0.1, 0.15) is 52.2 Å². The van der Waals surface area contributed by atoms with E-state index in [-0.39, 0.29) is 69.6 Å². The van der Waals surface area contributed by atoms with E-state index in [0.29, 0.717) is 22.3 Å². The maximum atomic E-state index is 13.4. The van der Waals surface area contributed by atoms with E-state index >= 15 is 0 Å². The summed E-state index contributed by atoms with van der Waals surface area (Å²) in [4.78, 5) is 62.2. The van der Waals surface area contributed by atoms with Crippen LogP contribution in [0.2, 0.25) is 0 Å². The number of rotatable bonds is 14. The minimum Gasteiger partial charge on any atom is -0.400 e. The number of hydrogen-bond donors (Lipinski definition) is 5. The predicted octanol–water partition coefficient (Wildman–Crippen LogP) is 5.35. The second-order valence-electron chi connectivity index (χ2n) is 17.2. The number of nitrogens with zero attached hydrogens (tertiary/aromatic N) is 6. The highest BCUT2D eigenvalue weighted by atomic mass is 32.2. The van der Waals surface area contributed by atoms with Crippen LogP contribution in [0.25, 0.3) is 4.85 Å². The average Bonchev–Trinajstić information content (AvgIpc) is 4.07. The van der Waals surface area contributed by atoms with Crippen molar-refractivity contribution in [2.75, 3.05) is 49.5 Å². The Morgan fingerprint density at radius 1 is 0.865 bits per heavy atom. The summed E-state index contributed by atoms with van der Waals surface area (Å²) < 4.78 is 82.5. The van der Waals surface area contributed by atoms with Crippen molar-refractivity contribution in [2.24, 2.45) is 0 Å². The molecule has 21 nitrogen and oxygen atoms in total. The van der Waals surface area contributed by atoms with Gasteiger partial charge in [0.25, 0.3) is 20.3 Å². The number of hydrogen-bond acceptors (Lipinski definition) is 16. The summed E-state index contributed by atoms with van der Waals surface area (Å²) in [5, 5.41) is 21.2. The Balaban J connectivity index is 0.000000375. The Morgan fingerprint density at radius 3 is 1.70 bits per heavy atom. The first kappa shape index (κ1) is 56.8. The normalized spacial score (nSPS) is 26.8. The number of ether oxygens (including phenoxy) is 2. The van der Waals surface area contributed by atoms with Gasteiger partial charge in [-0.3, -0.25) is 27.1 Å². The first-order valence-electron chi connectivity index (χ1n) is 25.4. The van der Waals surface area contributed by atoms with Crippen molar-refractivity contribution in [3.63, 3.8) is 0 Å². The zero-order valence-corrected chi connectivity index (χ0v) is 45.1. The summed E-state index contributed by atoms with van der Waals surface area (Å²) in [5.74, 6) is -0.379. The Bertz CT molecular complexity index is 2800. The lowest BCUT2D eigenvalue weighted by Crippen LogP contribution is -2.41. The number of anilines is 2. The Kier molecular flexibility index (Phi) is 21.7. The van der Waals surface area contributed by atoms with Crippen molar-refractivity contribution >= 4 is 53.6 Å². The molecule has 4 aliphatic heterocycles. The fourth-order valence-electron chi connectivity index (χ4n) is 8.37. The third-order valence-electron chi connectivity index (χ3n) is 11.5. The smallest absolute Gasteiger partial charge is 0.351 e. The van der Waals surface area contributed by atoms with E-state index in [2.05, 4.69) is 40.3 Å². The molecule has 0 aliphatic carbocycles. The molecule has 24 heteroatoms. The van der Waals surface area contributed by atoms with Gasteiger partial charge in [-0.2, -0.15) is 9.97 Å². The molecular weight excluding hydrogens is 1020 g/mol. The number of fused-ring (bicyclic) bond motifs is 4. The van der Waals surface area contributed by atoms with Gasteiger partial charge in [0.05, 0.1) is 11.5 Å². The minimum atomic E-state index is -1.69. The van der Waals surface area contributed by atoms with Gasteiger partial charge in [0.15, 0.2) is 12.5 Å². The van der Waals surface area contributed by atoms with Gasteiger partial charge >= 0.3 is 11.4 Å². The molecule has 8 rings (SSSR count). The fourth-order valence-corrected chi connectivity index (χ4v) is 14.1. The third kappa shape index (κ3) is 14.1. The van der Waals surface area contributed by atoms with Crippen molar-refractivity contribution in [1.82, 2.24) is 23.8 Å². The number of benzene rings is 2. The van der Waals surface area contributed by atoms with Crippen LogP contribution in [0.1, 0.15) is 110 Å². The highest BCUT2D eigenvalue weighted by Gasteiger charge is 2.65. The first-order valence-corrected chi connectivity index (χ1v) is 27.1. The monoisotopic (exact) mass is 1090 g/mol. The molecule has 4 fully saturated rings. The number of aromatic nitrogens is 4. The summed E-state index contributed by atoms with van der Waals surface area (Å²) in [6, 6.07) is 17.2. The molecule has 3 unspecified atom stereocenters. The Hall–Kier alpha value is -4.96. The SMILES string of the molecule is C.CC.[2H]C[C@@]12CS(=O)[C@@H]([C@H](n3cc(C)c(NC(=O)c4ccccc4)nc3=O)O1)[C@@H]2O.[2H]C[C@@]12CS(=O)[C@@H]([C@H](n3cc(C)c(NC(=O)c4ccccc4)nc3=O)O1)[C@@H]2OP(OCC[N+]#[C-])N(C(C)C)C(C)C.[3H]OC.[3H]OC. The molecule has 4 bridgehead atoms. The van der Waals surface area contributed by atoms with E-state index in [1.807, 2.05) is 41.5 Å². The standard InChI is InChI=1S/C27H36N5O6PS.C18H19N3O5S.C2H6.2CH4O.CH4/c1-17(2)32(18(3)4)39(36-14-13-28-7)38-22-21-25(37-27(22,6)16-40(21)35)31-15-19(5)23(30-26(31)34)29-24(33)20-11-9-8-10-12-20;1-10-8-21(16-12-13(22)18(2,26-16)9-27(12)25)17(24)20-14(10)19-15(23)11-6-4-3-5-7-11;3*1-2;/h8-12,15,17-18,21-22,25H,13-14,16H2,1-6H3,(H,29,30,33,34);3-8,12-13,16,22H,9H2,1-2H3,(H,19,20,23,24);1-2H3;2*2H,1H3;1H4/t21-,22+,25-,27+,39?,40?;12-,13+,16-,18+,27?;;;;/m11..../s1/i6D;2D;;2*2T;. The minimum absolute atomic E-state index is 0. The average molecular weight is 1100 g/mol. The van der Waals surface area contributed by atoms with Crippen LogP contribution >= 0.6 is 8.53 Å². The summed E-state index contributed by atoms with van der Waals surface area (Å²) in [6.45, 7) is 22.4. The number of aryl methyl sites for hydroxylation is 2. The predicted molar refractivity (Wildman–Crippen MR) is 288 cm³/mol. The van der Waals surface area contributed by atoms with E-state index in [0.717, 1.165) is 0 Å². The highest BCUT2D eigenvalue weighted by molar-refractivity contribution is 7.86. The maximum absolute atomic E-state index is 13.4. The van der Waals surface area contributed by atoms with Gasteiger partial charge in [-0.25, -0.2) is 20.8 Å². The Morgan fingerprint density at radius 2 is 1.28 bits per heavy atom. The van der Waals surface area contributed by atoms with E-state index in [1.165, 1.54) is 35.7 Å². The largest absolute Gasteiger partial charge is 0.400 e. The number of carbonyl (C=O) groups excluding carboxylic acids is 2. The summed E-state index contributed by atoms with van der Waals surface area (Å²) in [5.41, 5.74) is -1.95. The molecule has 6 heterocycles. The molecular formula is C50H73N8O13PS2. The number of amides is 2. The molecule has 5 N–H and O–H groups in total. The number of aliphatic hydroxyl groups excluding tert-OH is 3. The van der Waals surface area contributed by atoms with Crippen molar-refractivity contribution in [3.05, 3.63) is 128 Å². The van der Waals surface area contributed by atoms with Gasteiger partial charge < -0.3 is 49.3 Å². The van der Waals surface area contributed by atoms with Crippen LogP contribution in [0.15, 0.2) is 82.6 Å². The van der Waals surface area contributed by atoms with Gasteiger partial charge in [0.2, 0.25) is 9.41 Å². The lowest BCUT2D eigenvalue weighted by atomic mass is 10.0. The maximum Gasteiger partial charge on any atom is 0.351 e. The first-order chi connectivity index (χ1) is 36.7. The summed E-state index contributed by atoms with van der Waals surface area (Å²) >= 11 is 0. The molecule has 4 aromatic rings. The molecule has 0 spiro atoms. The molecule has 11 atom stereocenters. The van der Waals surface area contributed by atoms with E-state index in [9.17, 15) is 32.7 Å². The van der Waals surface area contributed by atoms with E-state index in [4.69, 9.17) is 30.7 Å². The van der Waals surface area contributed by atoms with E-state index < -0.39 is 99.7 Å². The molecule has 408 valence electrons. The van der Waals surface area contributed by atoms with Crippen molar-refractivity contribution in [3.8, 4) is 0 Å². The van der Waals surface area contributed by atoms with Gasteiger partial charge in [0, 0.05) is 85.3 Å². The van der Waals surface area contributed by atoms with Crippen LogP contribution < -0.4 is 22.0 Å². The quantitative estimate of drug-likeness (QED) is 0.0605. The van der Waals surface area contributed by atoms with E-state index in [1.54, 1.807) is 74.5 Å². The molecule has 0 radical (unpaired) electrons. The zero-order valence-electron chi connectivity index (χ0n) is 46.6. The van der Waals surface area contributed by atoms with Gasteiger partial charge in [-0.15, -0.1) is 0 Å². The fraction of sp³-hybridized carbons (Fsp3) is 0.540. The Labute approximate surface area is 445 Å². The van der Waals surface area contributed by atoms with Crippen LogP contribution in [-0.2, 0) is 40.1 Å². The number of carbonyl (C=O) groups is 2. The molecule has 2 aromatic heterocycles. The molecule has 4 aliphatic rings. The highest BCUT2D eigenvalue weighted by Crippen LogP contribution is 2.56. The van der Waals surface area contributed by atoms with Crippen molar-refractivity contribution in [2.45, 2.75) is 135 Å². The van der Waals surface area contributed by atoms with Gasteiger partial charge in [-0.05, 0) is 79.6 Å². The van der Waals surface area contributed by atoms with Crippen LogP contribution in [-0.4, -0.2) is 147 Å². The lowest BCUT2D eigenvalue weighted by Gasteiger charge is -2.38. The second kappa shape index (κ2) is 28.3. The number of aliphatic hydroxyl groups is 3. The molecule has 2 aromatic carbocycles. The molecule has 0 saturated carbocycles. The lowest BCUT2D eigenvalue weighted by molar-refractivity contribution is -0.0785. The van der Waals surface area contributed by atoms with Crippen molar-refractivity contribution in [1.29, 1.82) is 2.86 Å². The summed E-state index contributed by atoms with van der Waals surface area (Å²) in [7, 11) is -1.99. The zero-order chi connectivity index (χ0) is 57.4. The molecule has 74 heavy (non-hydrogen) atoms. The summed E-state index contributed by atoms with van der Waals surface area (Å²) in [6.07, 6.45) is -0.827. The third-order valence-corrected chi connectivity index (χ3v) is 17.4. The van der Waals surface area contributed by atoms with Crippen LogP contribution in [0.3, 0.4) is 0 Å². The van der Waals surface area contributed by atoms with Crippen molar-refractivity contribution < 1.29 is 54.6 Å². The number of nitrogens with one attached hydrogen (secondary N) is 2. The topological polar surface area (TPSA) is 267 Å². The second-order valence-corrected chi connectivity index (χ2v) is 21.8.